The Kier molecular flexibility index (Phi) is 2.05. The van der Waals surface area contributed by atoms with Crippen LogP contribution in [0.5, 0.6) is 0 Å². The molecule has 10 aliphatic heterocycles. The van der Waals surface area contributed by atoms with Crippen molar-refractivity contribution in [1.29, 1.82) is 0 Å². The topological polar surface area (TPSA) is 3.24 Å². The summed E-state index contributed by atoms with van der Waals surface area (Å²) in [4.78, 5) is 10.1. The molecule has 4 unspecified atom stereocenters. The molecule has 10 aliphatic rings. The van der Waals surface area contributed by atoms with Gasteiger partial charge in [-0.3, -0.25) is 0 Å². The second-order valence-corrected chi connectivity index (χ2v) is 46.1. The number of hydrogen-bond acceptors (Lipinski definition) is 1. The molecule has 218 valence electrons. The summed E-state index contributed by atoms with van der Waals surface area (Å²) < 4.78 is 4.56. The van der Waals surface area contributed by atoms with Crippen LogP contribution in [0.4, 0.5) is 0 Å². The Morgan fingerprint density at radius 3 is 1.28 bits per heavy atom. The average Bonchev–Trinajstić information content (AvgIpc) is 4.00. The Hall–Kier alpha value is -1.78. The zero-order chi connectivity index (χ0) is 28.3. The zero-order valence-corrected chi connectivity index (χ0v) is 27.9. The minimum atomic E-state index is -3.89. The number of hydrogen-bond donors (Lipinski definition) is 0. The van der Waals surface area contributed by atoms with Crippen molar-refractivity contribution in [2.24, 2.45) is 0 Å². The van der Waals surface area contributed by atoms with Crippen molar-refractivity contribution in [1.82, 2.24) is 4.67 Å². The molecule has 10 fully saturated rings. The van der Waals surface area contributed by atoms with Crippen LogP contribution < -0.4 is 21.2 Å². The van der Waals surface area contributed by atoms with E-state index >= 15 is 0 Å². The molecule has 6 atom stereocenters. The Labute approximate surface area is 248 Å². The van der Waals surface area contributed by atoms with Gasteiger partial charge in [-0.1, -0.05) is 0 Å². The van der Waals surface area contributed by atoms with Gasteiger partial charge < -0.3 is 0 Å². The first-order chi connectivity index (χ1) is 20.8. The first-order valence-corrected chi connectivity index (χ1v) is 25.5. The Morgan fingerprint density at radius 2 is 0.930 bits per heavy atom. The molecule has 10 saturated heterocycles. The van der Waals surface area contributed by atoms with Gasteiger partial charge in [0.2, 0.25) is 0 Å². The fourth-order valence-corrected chi connectivity index (χ4v) is 117. The van der Waals surface area contributed by atoms with E-state index in [-0.39, 0.29) is 7.92 Å². The van der Waals surface area contributed by atoms with Gasteiger partial charge in [0, 0.05) is 0 Å². The van der Waals surface area contributed by atoms with Gasteiger partial charge in [0.1, 0.15) is 0 Å². The third-order valence-electron chi connectivity index (χ3n) is 21.0. The summed E-state index contributed by atoms with van der Waals surface area (Å²) in [6.07, 6.45) is 0. The van der Waals surface area contributed by atoms with E-state index < -0.39 is 14.6 Å². The second-order valence-electron chi connectivity index (χ2n) is 17.9. The third kappa shape index (κ3) is 0.665. The monoisotopic (exact) mass is 639 g/mol. The molecule has 0 aliphatic carbocycles. The van der Waals surface area contributed by atoms with Gasteiger partial charge >= 0.3 is 249 Å². The molecule has 4 heteroatoms. The molecule has 4 aromatic carbocycles. The molecule has 14 rings (SSSR count). The predicted octanol–water partition coefficient (Wildman–Crippen LogP) is 8.93. The van der Waals surface area contributed by atoms with Crippen molar-refractivity contribution in [2.45, 2.75) is 79.8 Å². The fraction of sp³-hybridized carbons (Fsp3) is 0.385. The molecular formula is C39H39FeNP2. The average molecular weight is 640 g/mol. The van der Waals surface area contributed by atoms with E-state index in [0.29, 0.717) is 20.5 Å². The van der Waals surface area contributed by atoms with Crippen molar-refractivity contribution in [2.75, 3.05) is 0 Å². The molecule has 43 heavy (non-hydrogen) atoms. The van der Waals surface area contributed by atoms with E-state index in [9.17, 15) is 0 Å². The molecule has 0 aromatic heterocycles. The van der Waals surface area contributed by atoms with Crippen LogP contribution in [0.25, 0.3) is 0 Å². The quantitative estimate of drug-likeness (QED) is 0.131. The normalized spacial score (nSPS) is 57.0. The predicted molar refractivity (Wildman–Crippen MR) is 180 cm³/mol. The van der Waals surface area contributed by atoms with Crippen LogP contribution in [0.15, 0.2) is 121 Å². The first kappa shape index (κ1) is 22.7. The molecule has 0 amide bonds. The number of rotatable bonds is 9. The van der Waals surface area contributed by atoms with Crippen molar-refractivity contribution >= 4 is 37.2 Å². The van der Waals surface area contributed by atoms with Crippen LogP contribution >= 0.6 is 16.0 Å². The molecule has 1 spiro atoms. The Balaban J connectivity index is 1.05. The van der Waals surface area contributed by atoms with Crippen molar-refractivity contribution in [3.8, 4) is 0 Å². The summed E-state index contributed by atoms with van der Waals surface area (Å²) >= 11 is 0. The summed E-state index contributed by atoms with van der Waals surface area (Å²) in [7, 11) is -0.937. The van der Waals surface area contributed by atoms with E-state index in [1.165, 1.54) is 38.5 Å². The molecular weight excluding hydrogens is 600 g/mol. The van der Waals surface area contributed by atoms with Crippen LogP contribution in [0.3, 0.4) is 0 Å². The standard InChI is InChI=1S/C34H34NP2.C5H5.Fe/c1-27(2)35(37(31-21-12-6-13-22-31)32-23-14-7-15-24-32)28(3)33-25-16-26-34(33)36(29-17-8-4-9-18-29)30-19-10-5-11-20-30;1-2-4-5-3-1;/h4-28H,1-3H3;1-5H;/t28-;;/m1../s1. The van der Waals surface area contributed by atoms with Gasteiger partial charge in [0.15, 0.2) is 0 Å². The van der Waals surface area contributed by atoms with Crippen LogP contribution in [0.1, 0.15) is 20.8 Å². The van der Waals surface area contributed by atoms with E-state index in [1.807, 2.05) is 0 Å². The maximum atomic E-state index is 3.16. The molecule has 10 heterocycles. The molecule has 1 nitrogen and oxygen atoms in total. The van der Waals surface area contributed by atoms with Gasteiger partial charge in [0.25, 0.3) is 0 Å². The van der Waals surface area contributed by atoms with Gasteiger partial charge in [-0.2, -0.15) is 0 Å². The first-order valence-electron chi connectivity index (χ1n) is 16.6. The molecule has 0 N–H and O–H groups in total. The summed E-state index contributed by atoms with van der Waals surface area (Å²) in [6, 6.07) is 48.7. The molecule has 0 saturated carbocycles. The molecule has 4 aromatic rings. The van der Waals surface area contributed by atoms with Crippen LogP contribution in [-0.2, 0) is 6.51 Å². The van der Waals surface area contributed by atoms with Gasteiger partial charge in [-0.05, 0) is 0 Å². The molecule has 0 radical (unpaired) electrons. The van der Waals surface area contributed by atoms with Crippen LogP contribution in [-0.4, -0.2) is 20.8 Å². The Bertz CT molecular complexity index is 2200. The second kappa shape index (κ2) is 3.88. The van der Waals surface area contributed by atoms with E-state index in [2.05, 4.69) is 147 Å². The number of benzene rings is 4. The maximum absolute atomic E-state index is 3.89. The van der Waals surface area contributed by atoms with E-state index in [0.717, 1.165) is 0 Å². The van der Waals surface area contributed by atoms with Gasteiger partial charge in [-0.15, -0.1) is 0 Å². The van der Waals surface area contributed by atoms with E-state index in [4.69, 9.17) is 0 Å². The van der Waals surface area contributed by atoms with Crippen molar-refractivity contribution < 1.29 is 6.51 Å². The zero-order valence-electron chi connectivity index (χ0n) is 25.0. The van der Waals surface area contributed by atoms with Gasteiger partial charge in [-0.25, -0.2) is 0 Å². The SMILES string of the molecule is CC(C)N([C@H](C)[C@@]12[CH]3[CH]4[CH]5[C]1(P(c1ccccc1)c1ccccc1)[Fe]45321678[CH]2[CH]1[CH]6[CH]7[CH]28)P(c1ccccc1)c1ccccc1. The summed E-state index contributed by atoms with van der Waals surface area (Å²) in [6.45, 7) is 4.00. The Morgan fingerprint density at radius 1 is 0.535 bits per heavy atom. The van der Waals surface area contributed by atoms with Crippen molar-refractivity contribution in [3.05, 3.63) is 121 Å². The van der Waals surface area contributed by atoms with Crippen molar-refractivity contribution in [3.63, 3.8) is 0 Å². The van der Waals surface area contributed by atoms with Crippen LogP contribution in [0, 0.1) is 0 Å². The fourth-order valence-electron chi connectivity index (χ4n) is 22.7. The molecule has 0 bridgehead atoms. The van der Waals surface area contributed by atoms with Gasteiger partial charge in [0.05, 0.1) is 0 Å². The number of fused-ring (bicyclic) bond motifs is 10. The summed E-state index contributed by atoms with van der Waals surface area (Å²) in [5, 5.41) is 6.51. The summed E-state index contributed by atoms with van der Waals surface area (Å²) in [5.41, 5.74) is 0. The third-order valence-corrected chi connectivity index (χ3v) is 74.0. The van der Waals surface area contributed by atoms with Crippen LogP contribution in [0.2, 0.25) is 42.8 Å². The number of nitrogens with zero attached hydrogens (tertiary/aromatic N) is 1. The minimum absolute atomic E-state index is 0.341. The summed E-state index contributed by atoms with van der Waals surface area (Å²) in [5.74, 6) is 0. The van der Waals surface area contributed by atoms with E-state index in [1.54, 1.807) is 21.2 Å².